The number of hydrogen-bond donors (Lipinski definition) is 3. The number of nitrogens with zero attached hydrogens (tertiary/aromatic N) is 2. The summed E-state index contributed by atoms with van der Waals surface area (Å²) in [5.41, 5.74) is -0.546. The third kappa shape index (κ3) is 4.37. The largest absolute Gasteiger partial charge is 0.372 e. The van der Waals surface area contributed by atoms with Crippen molar-refractivity contribution in [2.75, 3.05) is 6.54 Å². The van der Waals surface area contributed by atoms with Crippen LogP contribution in [0.15, 0.2) is 42.5 Å². The highest BCUT2D eigenvalue weighted by Crippen LogP contribution is 2.54. The molecule has 8 nitrogen and oxygen atoms in total. The zero-order valence-electron chi connectivity index (χ0n) is 22.1. The van der Waals surface area contributed by atoms with Crippen molar-refractivity contribution in [1.29, 1.82) is 5.26 Å². The van der Waals surface area contributed by atoms with Gasteiger partial charge < -0.3 is 20.6 Å². The SMILES string of the molecule is N#C[C@H](C[C@H]1CCCNC1=O)NC(=O)[C@@H]1[C@H]2CC[C@H](CC2(F)F)N1C(=O)C1(O)c2ccccc2-c2ccc(Cl)cc21. The number of nitrogens with one attached hydrogen (secondary N) is 2. The third-order valence-electron chi connectivity index (χ3n) is 9.12. The second kappa shape index (κ2) is 10.1. The minimum absolute atomic E-state index is 0.0131. The van der Waals surface area contributed by atoms with E-state index in [4.69, 9.17) is 11.6 Å². The van der Waals surface area contributed by atoms with Crippen molar-refractivity contribution in [3.05, 3.63) is 58.6 Å². The molecule has 214 valence electrons. The summed E-state index contributed by atoms with van der Waals surface area (Å²) < 4.78 is 30.6. The molecule has 6 atom stereocenters. The van der Waals surface area contributed by atoms with Crippen molar-refractivity contribution in [2.45, 2.75) is 68.2 Å². The molecular weight excluding hydrogens is 554 g/mol. The van der Waals surface area contributed by atoms with E-state index in [1.807, 2.05) is 6.07 Å². The first kappa shape index (κ1) is 27.6. The van der Waals surface area contributed by atoms with Gasteiger partial charge in [0.05, 0.1) is 12.0 Å². The van der Waals surface area contributed by atoms with Crippen LogP contribution in [0.25, 0.3) is 11.1 Å². The van der Waals surface area contributed by atoms with E-state index in [1.54, 1.807) is 36.4 Å². The van der Waals surface area contributed by atoms with Crippen LogP contribution in [0.3, 0.4) is 0 Å². The number of nitriles is 1. The predicted octanol–water partition coefficient (Wildman–Crippen LogP) is 3.50. The van der Waals surface area contributed by atoms with Crippen LogP contribution in [0, 0.1) is 23.2 Å². The van der Waals surface area contributed by atoms with Gasteiger partial charge in [0.25, 0.3) is 11.8 Å². The number of carbonyl (C=O) groups is 3. The normalized spacial score (nSPS) is 30.0. The van der Waals surface area contributed by atoms with E-state index in [0.717, 1.165) is 11.3 Å². The third-order valence-corrected chi connectivity index (χ3v) is 9.35. The van der Waals surface area contributed by atoms with E-state index in [9.17, 15) is 24.8 Å². The fourth-order valence-corrected chi connectivity index (χ4v) is 7.36. The summed E-state index contributed by atoms with van der Waals surface area (Å²) in [5.74, 6) is -7.19. The van der Waals surface area contributed by atoms with Crippen molar-refractivity contribution >= 4 is 29.3 Å². The average Bonchev–Trinajstić information content (AvgIpc) is 3.21. The van der Waals surface area contributed by atoms with Gasteiger partial charge in [-0.2, -0.15) is 5.26 Å². The van der Waals surface area contributed by atoms with Crippen molar-refractivity contribution in [3.63, 3.8) is 0 Å². The highest BCUT2D eigenvalue weighted by molar-refractivity contribution is 6.31. The molecular formula is C30H29ClF2N4O4. The van der Waals surface area contributed by atoms with E-state index >= 15 is 8.78 Å². The maximum Gasteiger partial charge on any atom is 0.264 e. The van der Waals surface area contributed by atoms with Gasteiger partial charge in [-0.3, -0.25) is 14.4 Å². The number of hydrogen-bond acceptors (Lipinski definition) is 5. The first-order valence-electron chi connectivity index (χ1n) is 13.9. The quantitative estimate of drug-likeness (QED) is 0.498. The molecule has 3 saturated heterocycles. The highest BCUT2D eigenvalue weighted by Gasteiger charge is 2.63. The minimum Gasteiger partial charge on any atom is -0.372 e. The molecule has 5 aliphatic rings. The number of amides is 3. The molecule has 2 aliphatic carbocycles. The van der Waals surface area contributed by atoms with E-state index in [2.05, 4.69) is 10.6 Å². The Labute approximate surface area is 240 Å². The van der Waals surface area contributed by atoms with Gasteiger partial charge in [-0.05, 0) is 55.4 Å². The van der Waals surface area contributed by atoms with Crippen LogP contribution < -0.4 is 10.6 Å². The molecule has 3 amide bonds. The fraction of sp³-hybridized carbons (Fsp3) is 0.467. The second-order valence-corrected chi connectivity index (χ2v) is 11.9. The smallest absolute Gasteiger partial charge is 0.264 e. The van der Waals surface area contributed by atoms with E-state index < -0.39 is 59.7 Å². The van der Waals surface area contributed by atoms with Gasteiger partial charge in [0.15, 0.2) is 5.60 Å². The Kier molecular flexibility index (Phi) is 6.78. The number of piperidine rings is 3. The zero-order valence-corrected chi connectivity index (χ0v) is 22.8. The molecule has 0 radical (unpaired) electrons. The van der Waals surface area contributed by atoms with Crippen molar-refractivity contribution in [2.24, 2.45) is 11.8 Å². The van der Waals surface area contributed by atoms with Gasteiger partial charge in [0, 0.05) is 41.1 Å². The molecule has 1 unspecified atom stereocenters. The fourth-order valence-electron chi connectivity index (χ4n) is 7.19. The van der Waals surface area contributed by atoms with Crippen molar-refractivity contribution in [3.8, 4) is 17.2 Å². The van der Waals surface area contributed by atoms with Crippen LogP contribution in [0.5, 0.6) is 0 Å². The van der Waals surface area contributed by atoms with Crippen LogP contribution in [-0.4, -0.2) is 58.3 Å². The predicted molar refractivity (Wildman–Crippen MR) is 144 cm³/mol. The van der Waals surface area contributed by atoms with Gasteiger partial charge in [0.1, 0.15) is 12.1 Å². The van der Waals surface area contributed by atoms with Crippen molar-refractivity contribution in [1.82, 2.24) is 15.5 Å². The first-order chi connectivity index (χ1) is 19.6. The summed E-state index contributed by atoms with van der Waals surface area (Å²) in [5, 5.41) is 27.6. The molecule has 2 aromatic rings. The topological polar surface area (TPSA) is 123 Å². The van der Waals surface area contributed by atoms with Crippen LogP contribution in [0.4, 0.5) is 8.78 Å². The number of alkyl halides is 2. The lowest BCUT2D eigenvalue weighted by Gasteiger charge is -2.54. The van der Waals surface area contributed by atoms with E-state index in [1.165, 1.54) is 6.07 Å². The number of benzene rings is 2. The molecule has 3 aliphatic heterocycles. The lowest BCUT2D eigenvalue weighted by atomic mass is 9.70. The van der Waals surface area contributed by atoms with E-state index in [-0.39, 0.29) is 41.3 Å². The Hall–Kier alpha value is -3.55. The molecule has 41 heavy (non-hydrogen) atoms. The monoisotopic (exact) mass is 582 g/mol. The van der Waals surface area contributed by atoms with Crippen LogP contribution in [0.2, 0.25) is 5.02 Å². The number of carbonyl (C=O) groups excluding carboxylic acids is 3. The summed E-state index contributed by atoms with van der Waals surface area (Å²) in [6.07, 6.45) is 0.943. The molecule has 3 heterocycles. The van der Waals surface area contributed by atoms with Gasteiger partial charge in [-0.15, -0.1) is 0 Å². The average molecular weight is 583 g/mol. The summed E-state index contributed by atoms with van der Waals surface area (Å²) in [6.45, 7) is 0.538. The summed E-state index contributed by atoms with van der Waals surface area (Å²) in [6, 6.07) is 9.88. The molecule has 0 spiro atoms. The molecule has 1 saturated carbocycles. The van der Waals surface area contributed by atoms with Gasteiger partial charge in [-0.1, -0.05) is 41.9 Å². The Morgan fingerprint density at radius 3 is 2.66 bits per heavy atom. The standard InChI is InChI=1S/C30H29ClF2N4O4/c31-17-7-9-21-20-5-1-2-6-22(20)30(41,24(21)13-17)28(40)37-19-8-10-23(29(32,33)14-19)25(37)27(39)36-18(15-34)12-16-4-3-11-35-26(16)38/h1-2,5-7,9,13,16,18-19,23,25,41H,3-4,8,10-12,14H2,(H,35,38)(H,36,39)/t16-,18+,19-,23-,25+,30?/m1/s1. The Balaban J connectivity index is 1.36. The maximum atomic E-state index is 15.3. The number of rotatable bonds is 5. The molecule has 0 aromatic heterocycles. The highest BCUT2D eigenvalue weighted by atomic mass is 35.5. The maximum absolute atomic E-state index is 15.3. The second-order valence-electron chi connectivity index (χ2n) is 11.5. The van der Waals surface area contributed by atoms with Crippen LogP contribution >= 0.6 is 11.6 Å². The number of halogens is 3. The van der Waals surface area contributed by atoms with Gasteiger partial charge >= 0.3 is 0 Å². The van der Waals surface area contributed by atoms with E-state index in [0.29, 0.717) is 24.1 Å². The molecule has 11 heteroatoms. The lowest BCUT2D eigenvalue weighted by molar-refractivity contribution is -0.201. The summed E-state index contributed by atoms with van der Waals surface area (Å²) >= 11 is 6.27. The number of fused-ring (bicyclic) bond motifs is 6. The van der Waals surface area contributed by atoms with Crippen molar-refractivity contribution < 1.29 is 28.3 Å². The number of aliphatic hydroxyl groups is 1. The molecule has 2 aromatic carbocycles. The lowest BCUT2D eigenvalue weighted by Crippen LogP contribution is -2.70. The molecule has 2 bridgehead atoms. The minimum atomic E-state index is -3.22. The Morgan fingerprint density at radius 1 is 1.17 bits per heavy atom. The Bertz CT molecular complexity index is 1480. The van der Waals surface area contributed by atoms with Crippen LogP contribution in [-0.2, 0) is 20.0 Å². The van der Waals surface area contributed by atoms with Gasteiger partial charge in [0.2, 0.25) is 11.8 Å². The Morgan fingerprint density at radius 2 is 1.93 bits per heavy atom. The molecule has 4 fully saturated rings. The molecule has 7 rings (SSSR count). The summed E-state index contributed by atoms with van der Waals surface area (Å²) in [7, 11) is 0. The zero-order chi connectivity index (χ0) is 29.1. The van der Waals surface area contributed by atoms with Gasteiger partial charge in [-0.25, -0.2) is 8.78 Å². The van der Waals surface area contributed by atoms with Crippen LogP contribution in [0.1, 0.15) is 49.7 Å². The first-order valence-corrected chi connectivity index (χ1v) is 14.2. The summed E-state index contributed by atoms with van der Waals surface area (Å²) in [4.78, 5) is 41.6. The molecule has 3 N–H and O–H groups in total.